The monoisotopic (exact) mass is 286 g/mol. The number of ether oxygens (including phenoxy) is 1. The van der Waals surface area contributed by atoms with Gasteiger partial charge in [0.2, 0.25) is 0 Å². The highest BCUT2D eigenvalue weighted by Gasteiger charge is 2.13. The van der Waals surface area contributed by atoms with E-state index in [1.54, 1.807) is 6.20 Å². The van der Waals surface area contributed by atoms with Gasteiger partial charge in [-0.15, -0.1) is 0 Å². The van der Waals surface area contributed by atoms with Crippen LogP contribution < -0.4 is 10.5 Å². The molecule has 0 amide bonds. The second-order valence-electron chi connectivity index (χ2n) is 5.55. The summed E-state index contributed by atoms with van der Waals surface area (Å²) in [5.74, 6) is 0.814. The lowest BCUT2D eigenvalue weighted by Crippen LogP contribution is -2.45. The quantitative estimate of drug-likeness (QED) is 0.862. The fourth-order valence-corrected chi connectivity index (χ4v) is 2.64. The molecule has 5 heteroatoms. The van der Waals surface area contributed by atoms with Crippen molar-refractivity contribution in [1.29, 1.82) is 0 Å². The average molecular weight is 286 g/mol. The van der Waals surface area contributed by atoms with Crippen molar-refractivity contribution in [2.75, 3.05) is 52.1 Å². The molecule has 5 nitrogen and oxygen atoms in total. The Balaban J connectivity index is 1.62. The Kier molecular flexibility index (Phi) is 4.22. The Morgan fingerprint density at radius 2 is 2.00 bits per heavy atom. The lowest BCUT2D eigenvalue weighted by atomic mass is 10.2. The first-order chi connectivity index (χ1) is 10.2. The number of nitrogen functional groups attached to an aromatic ring is 1. The Morgan fingerprint density at radius 1 is 1.19 bits per heavy atom. The molecule has 1 aromatic carbocycles. The van der Waals surface area contributed by atoms with E-state index in [2.05, 4.69) is 21.8 Å². The van der Waals surface area contributed by atoms with Crippen molar-refractivity contribution in [3.05, 3.63) is 30.5 Å². The molecule has 0 unspecified atom stereocenters. The molecular formula is C16H22N4O. The van der Waals surface area contributed by atoms with Gasteiger partial charge in [-0.25, -0.2) is 0 Å². The standard InChI is InChI=1S/C16H22N4O/c1-19-7-9-20(10-8-19)11-12-21-15-5-4-14(17)13-3-2-6-18-16(13)15/h2-6H,7-12,17H2,1H3. The molecule has 0 saturated carbocycles. The molecular weight excluding hydrogens is 264 g/mol. The van der Waals surface area contributed by atoms with Gasteiger partial charge in [-0.3, -0.25) is 9.88 Å². The zero-order chi connectivity index (χ0) is 14.7. The van der Waals surface area contributed by atoms with Crippen LogP contribution in [0.2, 0.25) is 0 Å². The molecule has 0 radical (unpaired) electrons. The fourth-order valence-electron chi connectivity index (χ4n) is 2.64. The van der Waals surface area contributed by atoms with Crippen LogP contribution in [0, 0.1) is 0 Å². The minimum atomic E-state index is 0.680. The van der Waals surface area contributed by atoms with E-state index in [0.29, 0.717) is 6.61 Å². The van der Waals surface area contributed by atoms with E-state index in [1.165, 1.54) is 0 Å². The van der Waals surface area contributed by atoms with Crippen LogP contribution in [0.15, 0.2) is 30.5 Å². The molecule has 2 N–H and O–H groups in total. The van der Waals surface area contributed by atoms with Crippen molar-refractivity contribution in [1.82, 2.24) is 14.8 Å². The summed E-state index contributed by atoms with van der Waals surface area (Å²) >= 11 is 0. The van der Waals surface area contributed by atoms with E-state index in [9.17, 15) is 0 Å². The third-order valence-corrected chi connectivity index (χ3v) is 4.03. The first-order valence-corrected chi connectivity index (χ1v) is 7.41. The minimum Gasteiger partial charge on any atom is -0.490 e. The molecule has 2 aromatic rings. The third kappa shape index (κ3) is 3.25. The Hall–Kier alpha value is -1.85. The van der Waals surface area contributed by atoms with Crippen LogP contribution in [0.1, 0.15) is 0 Å². The molecule has 1 aliphatic heterocycles. The summed E-state index contributed by atoms with van der Waals surface area (Å²) in [6, 6.07) is 7.67. The molecule has 1 saturated heterocycles. The van der Waals surface area contributed by atoms with Crippen LogP contribution in [0.3, 0.4) is 0 Å². The number of piperazine rings is 1. The van der Waals surface area contributed by atoms with Crippen molar-refractivity contribution in [2.24, 2.45) is 0 Å². The summed E-state index contributed by atoms with van der Waals surface area (Å²) in [7, 11) is 2.17. The number of likely N-dealkylation sites (N-methyl/N-ethyl adjacent to an activating group) is 1. The maximum atomic E-state index is 5.98. The van der Waals surface area contributed by atoms with Gasteiger partial charge in [-0.05, 0) is 31.3 Å². The molecule has 112 valence electrons. The highest BCUT2D eigenvalue weighted by molar-refractivity contribution is 5.94. The minimum absolute atomic E-state index is 0.680. The van der Waals surface area contributed by atoms with Crippen molar-refractivity contribution in [3.63, 3.8) is 0 Å². The third-order valence-electron chi connectivity index (χ3n) is 4.03. The molecule has 21 heavy (non-hydrogen) atoms. The topological polar surface area (TPSA) is 54.6 Å². The second kappa shape index (κ2) is 6.28. The predicted octanol–water partition coefficient (Wildman–Crippen LogP) is 1.44. The van der Waals surface area contributed by atoms with Crippen LogP contribution in [-0.4, -0.2) is 61.2 Å². The molecule has 2 heterocycles. The predicted molar refractivity (Wildman–Crippen MR) is 85.6 cm³/mol. The van der Waals surface area contributed by atoms with E-state index in [-0.39, 0.29) is 0 Å². The zero-order valence-corrected chi connectivity index (χ0v) is 12.5. The van der Waals surface area contributed by atoms with Crippen LogP contribution in [-0.2, 0) is 0 Å². The van der Waals surface area contributed by atoms with E-state index >= 15 is 0 Å². The van der Waals surface area contributed by atoms with E-state index in [0.717, 1.165) is 55.1 Å². The van der Waals surface area contributed by atoms with Gasteiger partial charge in [0.25, 0.3) is 0 Å². The van der Waals surface area contributed by atoms with E-state index in [4.69, 9.17) is 10.5 Å². The molecule has 1 aliphatic rings. The number of anilines is 1. The highest BCUT2D eigenvalue weighted by Crippen LogP contribution is 2.27. The molecule has 3 rings (SSSR count). The van der Waals surface area contributed by atoms with Gasteiger partial charge in [-0.1, -0.05) is 0 Å². The largest absolute Gasteiger partial charge is 0.490 e. The Morgan fingerprint density at radius 3 is 2.81 bits per heavy atom. The number of fused-ring (bicyclic) bond motifs is 1. The lowest BCUT2D eigenvalue weighted by Gasteiger charge is -2.32. The molecule has 1 fully saturated rings. The smallest absolute Gasteiger partial charge is 0.145 e. The SMILES string of the molecule is CN1CCN(CCOc2ccc(N)c3cccnc23)CC1. The number of nitrogens with zero attached hydrogens (tertiary/aromatic N) is 3. The van der Waals surface area contributed by atoms with Gasteiger partial charge in [0, 0.05) is 50.0 Å². The Labute approximate surface area is 125 Å². The van der Waals surface area contributed by atoms with Crippen LogP contribution in [0.25, 0.3) is 10.9 Å². The summed E-state index contributed by atoms with van der Waals surface area (Å²) in [6.07, 6.45) is 1.77. The van der Waals surface area contributed by atoms with Gasteiger partial charge < -0.3 is 15.4 Å². The van der Waals surface area contributed by atoms with Crippen molar-refractivity contribution < 1.29 is 4.74 Å². The molecule has 0 aliphatic carbocycles. The van der Waals surface area contributed by atoms with Crippen LogP contribution in [0.5, 0.6) is 5.75 Å². The van der Waals surface area contributed by atoms with Crippen molar-refractivity contribution in [3.8, 4) is 5.75 Å². The van der Waals surface area contributed by atoms with Gasteiger partial charge in [0.15, 0.2) is 0 Å². The first kappa shape index (κ1) is 14.1. The number of hydrogen-bond acceptors (Lipinski definition) is 5. The summed E-state index contributed by atoms with van der Waals surface area (Å²) in [5, 5.41) is 0.953. The molecule has 1 aromatic heterocycles. The number of benzene rings is 1. The van der Waals surface area contributed by atoms with Crippen molar-refractivity contribution in [2.45, 2.75) is 0 Å². The van der Waals surface area contributed by atoms with Crippen molar-refractivity contribution >= 4 is 16.6 Å². The molecule has 0 bridgehead atoms. The van der Waals surface area contributed by atoms with E-state index < -0.39 is 0 Å². The maximum Gasteiger partial charge on any atom is 0.145 e. The summed E-state index contributed by atoms with van der Waals surface area (Å²) in [4.78, 5) is 9.19. The van der Waals surface area contributed by atoms with Gasteiger partial charge in [0.1, 0.15) is 17.9 Å². The number of pyridine rings is 1. The number of nitrogens with two attached hydrogens (primary N) is 1. The maximum absolute atomic E-state index is 5.98. The fraction of sp³-hybridized carbons (Fsp3) is 0.438. The molecule has 0 spiro atoms. The number of aromatic nitrogens is 1. The summed E-state index contributed by atoms with van der Waals surface area (Å²) in [6.45, 7) is 6.12. The number of rotatable bonds is 4. The van der Waals surface area contributed by atoms with Gasteiger partial charge >= 0.3 is 0 Å². The Bertz CT molecular complexity index is 608. The van der Waals surface area contributed by atoms with Gasteiger partial charge in [0.05, 0.1) is 0 Å². The zero-order valence-electron chi connectivity index (χ0n) is 12.5. The molecule has 0 atom stereocenters. The summed E-state index contributed by atoms with van der Waals surface area (Å²) in [5.41, 5.74) is 7.56. The normalized spacial score (nSPS) is 17.2. The van der Waals surface area contributed by atoms with Crippen LogP contribution >= 0.6 is 0 Å². The first-order valence-electron chi connectivity index (χ1n) is 7.41. The van der Waals surface area contributed by atoms with Crippen LogP contribution in [0.4, 0.5) is 5.69 Å². The summed E-state index contributed by atoms with van der Waals surface area (Å²) < 4.78 is 5.93. The second-order valence-corrected chi connectivity index (χ2v) is 5.55. The van der Waals surface area contributed by atoms with E-state index in [1.807, 2.05) is 24.3 Å². The average Bonchev–Trinajstić information content (AvgIpc) is 2.52. The lowest BCUT2D eigenvalue weighted by molar-refractivity contribution is 0.134. The number of hydrogen-bond donors (Lipinski definition) is 1. The highest BCUT2D eigenvalue weighted by atomic mass is 16.5. The van der Waals surface area contributed by atoms with Gasteiger partial charge in [-0.2, -0.15) is 0 Å².